The number of nitrogens with one attached hydrogen (secondary N) is 1. The molecule has 0 saturated carbocycles. The van der Waals surface area contributed by atoms with Gasteiger partial charge in [0.2, 0.25) is 11.7 Å². The molecular formula is C20H23NO4. The van der Waals surface area contributed by atoms with Crippen molar-refractivity contribution < 1.29 is 19.0 Å². The van der Waals surface area contributed by atoms with Gasteiger partial charge in [0.25, 0.3) is 0 Å². The van der Waals surface area contributed by atoms with Crippen molar-refractivity contribution in [3.8, 4) is 17.2 Å². The molecule has 5 heteroatoms. The Morgan fingerprint density at radius 3 is 2.12 bits per heavy atom. The highest BCUT2D eigenvalue weighted by molar-refractivity contribution is 5.91. The van der Waals surface area contributed by atoms with Crippen molar-refractivity contribution in [1.82, 2.24) is 5.32 Å². The number of aryl methyl sites for hydroxylation is 1. The Hall–Kier alpha value is -2.95. The lowest BCUT2D eigenvalue weighted by molar-refractivity contribution is -0.116. The first-order valence-corrected chi connectivity index (χ1v) is 7.89. The lowest BCUT2D eigenvalue weighted by Crippen LogP contribution is -2.20. The minimum atomic E-state index is -0.172. The van der Waals surface area contributed by atoms with Gasteiger partial charge in [0.15, 0.2) is 11.5 Å². The van der Waals surface area contributed by atoms with Crippen LogP contribution in [0.1, 0.15) is 16.7 Å². The quantitative estimate of drug-likeness (QED) is 0.785. The third-order valence-electron chi connectivity index (χ3n) is 3.70. The molecule has 0 radical (unpaired) electrons. The number of hydrogen-bond acceptors (Lipinski definition) is 4. The van der Waals surface area contributed by atoms with E-state index >= 15 is 0 Å². The molecule has 5 nitrogen and oxygen atoms in total. The summed E-state index contributed by atoms with van der Waals surface area (Å²) in [5.74, 6) is 1.43. The van der Waals surface area contributed by atoms with Crippen LogP contribution in [0, 0.1) is 6.92 Å². The molecule has 0 heterocycles. The fraction of sp³-hybridized carbons (Fsp3) is 0.250. The van der Waals surface area contributed by atoms with Crippen LogP contribution in [0.25, 0.3) is 6.08 Å². The SMILES string of the molecule is COc1cc(/C=C/C(=O)NCc2ccc(C)cc2)cc(OC)c1OC. The second-order valence-electron chi connectivity index (χ2n) is 5.50. The van der Waals surface area contributed by atoms with Gasteiger partial charge in [0.1, 0.15) is 0 Å². The Balaban J connectivity index is 2.05. The number of rotatable bonds is 7. The minimum Gasteiger partial charge on any atom is -0.493 e. The summed E-state index contributed by atoms with van der Waals surface area (Å²) in [5, 5.41) is 2.86. The van der Waals surface area contributed by atoms with Crippen molar-refractivity contribution in [2.45, 2.75) is 13.5 Å². The number of carbonyl (C=O) groups excluding carboxylic acids is 1. The van der Waals surface area contributed by atoms with Crippen LogP contribution in [0.3, 0.4) is 0 Å². The van der Waals surface area contributed by atoms with Crippen LogP contribution in [0.5, 0.6) is 17.2 Å². The summed E-state index contributed by atoms with van der Waals surface area (Å²) in [4.78, 5) is 12.0. The number of methoxy groups -OCH3 is 3. The van der Waals surface area contributed by atoms with Crippen LogP contribution in [-0.4, -0.2) is 27.2 Å². The summed E-state index contributed by atoms with van der Waals surface area (Å²) in [6, 6.07) is 11.6. The standard InChI is InChI=1S/C20H23NO4/c1-14-5-7-15(8-6-14)13-21-19(22)10-9-16-11-17(23-2)20(25-4)18(12-16)24-3/h5-12H,13H2,1-4H3,(H,21,22)/b10-9+. The average molecular weight is 341 g/mol. The molecule has 2 aromatic rings. The monoisotopic (exact) mass is 341 g/mol. The fourth-order valence-electron chi connectivity index (χ4n) is 2.32. The predicted octanol–water partition coefficient (Wildman–Crippen LogP) is 3.35. The highest BCUT2D eigenvalue weighted by Crippen LogP contribution is 2.38. The molecule has 0 aliphatic heterocycles. The van der Waals surface area contributed by atoms with Crippen molar-refractivity contribution in [2.24, 2.45) is 0 Å². The second kappa shape index (κ2) is 8.78. The van der Waals surface area contributed by atoms with E-state index < -0.39 is 0 Å². The van der Waals surface area contributed by atoms with Gasteiger partial charge in [-0.1, -0.05) is 29.8 Å². The van der Waals surface area contributed by atoms with Crippen molar-refractivity contribution in [1.29, 1.82) is 0 Å². The zero-order valence-electron chi connectivity index (χ0n) is 15.0. The van der Waals surface area contributed by atoms with Crippen LogP contribution in [-0.2, 0) is 11.3 Å². The van der Waals surface area contributed by atoms with E-state index in [4.69, 9.17) is 14.2 Å². The molecule has 0 aliphatic carbocycles. The third kappa shape index (κ3) is 5.01. The summed E-state index contributed by atoms with van der Waals surface area (Å²) >= 11 is 0. The van der Waals surface area contributed by atoms with Gasteiger partial charge >= 0.3 is 0 Å². The lowest BCUT2D eigenvalue weighted by Gasteiger charge is -2.12. The molecular weight excluding hydrogens is 318 g/mol. The molecule has 1 amide bonds. The first kappa shape index (κ1) is 18.4. The van der Waals surface area contributed by atoms with Gasteiger partial charge in [-0.3, -0.25) is 4.79 Å². The molecule has 0 spiro atoms. The molecule has 0 atom stereocenters. The van der Waals surface area contributed by atoms with Crippen LogP contribution in [0.15, 0.2) is 42.5 Å². The number of amides is 1. The Morgan fingerprint density at radius 2 is 1.60 bits per heavy atom. The van der Waals surface area contributed by atoms with Crippen LogP contribution < -0.4 is 19.5 Å². The van der Waals surface area contributed by atoms with E-state index in [2.05, 4.69) is 5.32 Å². The van der Waals surface area contributed by atoms with E-state index in [-0.39, 0.29) is 5.91 Å². The number of carbonyl (C=O) groups is 1. The topological polar surface area (TPSA) is 56.8 Å². The molecule has 2 aromatic carbocycles. The van der Waals surface area contributed by atoms with Crippen molar-refractivity contribution in [2.75, 3.05) is 21.3 Å². The zero-order chi connectivity index (χ0) is 18.2. The molecule has 1 N–H and O–H groups in total. The molecule has 0 aliphatic rings. The molecule has 0 aromatic heterocycles. The smallest absolute Gasteiger partial charge is 0.244 e. The fourth-order valence-corrected chi connectivity index (χ4v) is 2.32. The van der Waals surface area contributed by atoms with Crippen molar-refractivity contribution in [3.63, 3.8) is 0 Å². The van der Waals surface area contributed by atoms with E-state index in [0.717, 1.165) is 11.1 Å². The largest absolute Gasteiger partial charge is 0.493 e. The van der Waals surface area contributed by atoms with E-state index in [9.17, 15) is 4.79 Å². The summed E-state index contributed by atoms with van der Waals surface area (Å²) in [6.07, 6.45) is 3.18. The van der Waals surface area contributed by atoms with Crippen molar-refractivity contribution in [3.05, 3.63) is 59.2 Å². The molecule has 0 saturated heterocycles. The predicted molar refractivity (Wildman–Crippen MR) is 98.2 cm³/mol. The number of benzene rings is 2. The van der Waals surface area contributed by atoms with Gasteiger partial charge in [0.05, 0.1) is 21.3 Å². The molecule has 0 bridgehead atoms. The number of hydrogen-bond donors (Lipinski definition) is 1. The maximum atomic E-state index is 12.0. The van der Waals surface area contributed by atoms with Crippen LogP contribution >= 0.6 is 0 Å². The van der Waals surface area contributed by atoms with Gasteiger partial charge < -0.3 is 19.5 Å². The Labute approximate surface area is 148 Å². The van der Waals surface area contributed by atoms with Crippen LogP contribution in [0.4, 0.5) is 0 Å². The maximum Gasteiger partial charge on any atom is 0.244 e. The summed E-state index contributed by atoms with van der Waals surface area (Å²) in [5.41, 5.74) is 3.03. The van der Waals surface area contributed by atoms with Crippen LogP contribution in [0.2, 0.25) is 0 Å². The first-order valence-electron chi connectivity index (χ1n) is 7.89. The Bertz CT molecular complexity index is 726. The molecule has 132 valence electrons. The van der Waals surface area contributed by atoms with E-state index in [1.54, 1.807) is 39.5 Å². The highest BCUT2D eigenvalue weighted by Gasteiger charge is 2.12. The van der Waals surface area contributed by atoms with Gasteiger partial charge in [-0.15, -0.1) is 0 Å². The normalized spacial score (nSPS) is 10.6. The first-order chi connectivity index (χ1) is 12.1. The van der Waals surface area contributed by atoms with Gasteiger partial charge in [-0.2, -0.15) is 0 Å². The summed E-state index contributed by atoms with van der Waals surface area (Å²) in [7, 11) is 4.66. The zero-order valence-corrected chi connectivity index (χ0v) is 15.0. The van der Waals surface area contributed by atoms with Gasteiger partial charge in [-0.05, 0) is 36.3 Å². The van der Waals surface area contributed by atoms with E-state index in [1.807, 2.05) is 31.2 Å². The Morgan fingerprint density at radius 1 is 1.00 bits per heavy atom. The van der Waals surface area contributed by atoms with Gasteiger partial charge in [-0.25, -0.2) is 0 Å². The van der Waals surface area contributed by atoms with E-state index in [1.165, 1.54) is 11.6 Å². The number of ether oxygens (including phenoxy) is 3. The minimum absolute atomic E-state index is 0.172. The summed E-state index contributed by atoms with van der Waals surface area (Å²) < 4.78 is 15.9. The second-order valence-corrected chi connectivity index (χ2v) is 5.50. The molecule has 0 fully saturated rings. The van der Waals surface area contributed by atoms with Crippen molar-refractivity contribution >= 4 is 12.0 Å². The molecule has 25 heavy (non-hydrogen) atoms. The van der Waals surface area contributed by atoms with Gasteiger partial charge in [0, 0.05) is 12.6 Å². The third-order valence-corrected chi connectivity index (χ3v) is 3.70. The lowest BCUT2D eigenvalue weighted by atomic mass is 10.1. The highest BCUT2D eigenvalue weighted by atomic mass is 16.5. The Kier molecular flexibility index (Phi) is 6.46. The average Bonchev–Trinajstić information content (AvgIpc) is 2.64. The molecule has 2 rings (SSSR count). The molecule has 0 unspecified atom stereocenters. The van der Waals surface area contributed by atoms with E-state index in [0.29, 0.717) is 23.8 Å². The summed E-state index contributed by atoms with van der Waals surface area (Å²) in [6.45, 7) is 2.52. The maximum absolute atomic E-state index is 12.0.